The number of anilines is 1. The van der Waals surface area contributed by atoms with Crippen molar-refractivity contribution in [3.63, 3.8) is 0 Å². The van der Waals surface area contributed by atoms with Gasteiger partial charge in [-0.05, 0) is 32.4 Å². The van der Waals surface area contributed by atoms with E-state index in [1.807, 2.05) is 38.5 Å². The van der Waals surface area contributed by atoms with Crippen molar-refractivity contribution in [1.29, 1.82) is 0 Å². The quantitative estimate of drug-likeness (QED) is 0.786. The summed E-state index contributed by atoms with van der Waals surface area (Å²) in [7, 11) is 5.76. The van der Waals surface area contributed by atoms with E-state index in [1.54, 1.807) is 0 Å². The highest BCUT2D eigenvalue weighted by molar-refractivity contribution is 5.26. The summed E-state index contributed by atoms with van der Waals surface area (Å²) < 4.78 is 5.63. The van der Waals surface area contributed by atoms with Gasteiger partial charge in [-0.15, -0.1) is 0 Å². The van der Waals surface area contributed by atoms with E-state index in [0.717, 1.165) is 32.0 Å². The summed E-state index contributed by atoms with van der Waals surface area (Å²) in [4.78, 5) is 15.9. The van der Waals surface area contributed by atoms with Crippen LogP contribution in [0.4, 0.5) is 5.95 Å². The number of rotatable bonds is 6. The summed E-state index contributed by atoms with van der Waals surface area (Å²) in [5.74, 6) is 0.763. The summed E-state index contributed by atoms with van der Waals surface area (Å²) >= 11 is 0. The number of aromatic nitrogens is 2. The van der Waals surface area contributed by atoms with Gasteiger partial charge in [0.25, 0.3) is 0 Å². The lowest BCUT2D eigenvalue weighted by Crippen LogP contribution is -2.39. The zero-order chi connectivity index (χ0) is 16.2. The van der Waals surface area contributed by atoms with Crippen molar-refractivity contribution in [1.82, 2.24) is 19.8 Å². The maximum atomic E-state index is 5.63. The topological polar surface area (TPSA) is 44.7 Å². The Kier molecular flexibility index (Phi) is 5.46. The minimum absolute atomic E-state index is 0.351. The third-order valence-electron chi connectivity index (χ3n) is 4.97. The number of ether oxygens (including phenoxy) is 1. The molecule has 2 aliphatic rings. The van der Waals surface area contributed by atoms with E-state index in [1.165, 1.54) is 31.5 Å². The highest BCUT2D eigenvalue weighted by Crippen LogP contribution is 2.24. The predicted octanol–water partition coefficient (Wildman–Crippen LogP) is 1.23. The van der Waals surface area contributed by atoms with Gasteiger partial charge in [-0.3, -0.25) is 4.90 Å². The zero-order valence-corrected chi connectivity index (χ0v) is 14.6. The Morgan fingerprint density at radius 2 is 1.91 bits per heavy atom. The Hall–Kier alpha value is -1.24. The molecule has 1 aromatic heterocycles. The highest BCUT2D eigenvalue weighted by Gasteiger charge is 2.33. The third kappa shape index (κ3) is 4.19. The second kappa shape index (κ2) is 7.55. The first-order valence-corrected chi connectivity index (χ1v) is 8.63. The van der Waals surface area contributed by atoms with Crippen LogP contribution < -0.4 is 4.90 Å². The van der Waals surface area contributed by atoms with Crippen LogP contribution in [0.5, 0.6) is 0 Å². The van der Waals surface area contributed by atoms with Gasteiger partial charge in [0.15, 0.2) is 0 Å². The van der Waals surface area contributed by atoms with Crippen molar-refractivity contribution < 1.29 is 4.74 Å². The Labute approximate surface area is 139 Å². The first-order valence-electron chi connectivity index (χ1n) is 8.63. The number of hydrogen-bond donors (Lipinski definition) is 0. The Morgan fingerprint density at radius 1 is 1.22 bits per heavy atom. The number of likely N-dealkylation sites (tertiary alicyclic amines) is 2. The first-order chi connectivity index (χ1) is 11.2. The fraction of sp³-hybridized carbons (Fsp3) is 0.765. The molecule has 0 amide bonds. The third-order valence-corrected chi connectivity index (χ3v) is 4.97. The summed E-state index contributed by atoms with van der Waals surface area (Å²) in [6, 6.07) is 0.576. The SMILES string of the molecule is CO[C@H]1C[C@@H](CN2CCCC2)N(Cc2cnc(N(C)C)nc2)C1. The molecule has 3 rings (SSSR count). The van der Waals surface area contributed by atoms with E-state index in [9.17, 15) is 0 Å². The molecule has 0 bridgehead atoms. The average molecular weight is 319 g/mol. The molecule has 1 aromatic rings. The molecule has 0 aliphatic carbocycles. The minimum atomic E-state index is 0.351. The van der Waals surface area contributed by atoms with Crippen LogP contribution in [-0.4, -0.2) is 79.3 Å². The lowest BCUT2D eigenvalue weighted by molar-refractivity contribution is 0.107. The molecule has 2 saturated heterocycles. The van der Waals surface area contributed by atoms with Crippen LogP contribution in [0, 0.1) is 0 Å². The molecule has 2 aliphatic heterocycles. The van der Waals surface area contributed by atoms with E-state index in [4.69, 9.17) is 4.74 Å². The second-order valence-electron chi connectivity index (χ2n) is 6.97. The fourth-order valence-electron chi connectivity index (χ4n) is 3.65. The van der Waals surface area contributed by atoms with Crippen molar-refractivity contribution in [2.75, 3.05) is 52.3 Å². The molecule has 0 unspecified atom stereocenters. The van der Waals surface area contributed by atoms with Crippen molar-refractivity contribution >= 4 is 5.95 Å². The molecular formula is C17H29N5O. The zero-order valence-electron chi connectivity index (χ0n) is 14.6. The van der Waals surface area contributed by atoms with Crippen LogP contribution in [0.3, 0.4) is 0 Å². The van der Waals surface area contributed by atoms with Gasteiger partial charge in [-0.1, -0.05) is 0 Å². The first kappa shape index (κ1) is 16.6. The molecule has 23 heavy (non-hydrogen) atoms. The maximum absolute atomic E-state index is 5.63. The fourth-order valence-corrected chi connectivity index (χ4v) is 3.65. The van der Waals surface area contributed by atoms with Crippen LogP contribution in [0.25, 0.3) is 0 Å². The predicted molar refractivity (Wildman–Crippen MR) is 91.6 cm³/mol. The van der Waals surface area contributed by atoms with Gasteiger partial charge in [-0.25, -0.2) is 9.97 Å². The smallest absolute Gasteiger partial charge is 0.224 e. The highest BCUT2D eigenvalue weighted by atomic mass is 16.5. The largest absolute Gasteiger partial charge is 0.380 e. The molecule has 0 aromatic carbocycles. The number of methoxy groups -OCH3 is 1. The molecule has 0 saturated carbocycles. The lowest BCUT2D eigenvalue weighted by Gasteiger charge is -2.28. The minimum Gasteiger partial charge on any atom is -0.380 e. The second-order valence-corrected chi connectivity index (χ2v) is 6.97. The van der Waals surface area contributed by atoms with E-state index >= 15 is 0 Å². The molecule has 128 valence electrons. The normalized spacial score (nSPS) is 26.0. The van der Waals surface area contributed by atoms with E-state index in [0.29, 0.717) is 12.1 Å². The van der Waals surface area contributed by atoms with Gasteiger partial charge in [0.2, 0.25) is 5.95 Å². The Bertz CT molecular complexity index is 486. The molecule has 3 heterocycles. The molecule has 2 atom stereocenters. The van der Waals surface area contributed by atoms with Crippen LogP contribution in [-0.2, 0) is 11.3 Å². The summed E-state index contributed by atoms with van der Waals surface area (Å²) in [5, 5.41) is 0. The van der Waals surface area contributed by atoms with Crippen LogP contribution in [0.1, 0.15) is 24.8 Å². The molecule has 6 nitrogen and oxygen atoms in total. The maximum Gasteiger partial charge on any atom is 0.224 e. The van der Waals surface area contributed by atoms with Crippen molar-refractivity contribution in [3.8, 4) is 0 Å². The molecule has 6 heteroatoms. The lowest BCUT2D eigenvalue weighted by atomic mass is 10.2. The van der Waals surface area contributed by atoms with E-state index in [-0.39, 0.29) is 0 Å². The van der Waals surface area contributed by atoms with Crippen molar-refractivity contribution in [2.24, 2.45) is 0 Å². The van der Waals surface area contributed by atoms with E-state index < -0.39 is 0 Å². The van der Waals surface area contributed by atoms with Crippen LogP contribution in [0.2, 0.25) is 0 Å². The molecule has 2 fully saturated rings. The van der Waals surface area contributed by atoms with Crippen molar-refractivity contribution in [3.05, 3.63) is 18.0 Å². The molecular weight excluding hydrogens is 290 g/mol. The molecule has 0 radical (unpaired) electrons. The van der Waals surface area contributed by atoms with Gasteiger partial charge in [0.1, 0.15) is 0 Å². The summed E-state index contributed by atoms with van der Waals surface area (Å²) in [5.41, 5.74) is 1.18. The number of nitrogens with zero attached hydrogens (tertiary/aromatic N) is 5. The monoisotopic (exact) mass is 319 g/mol. The van der Waals surface area contributed by atoms with Gasteiger partial charge < -0.3 is 14.5 Å². The summed E-state index contributed by atoms with van der Waals surface area (Å²) in [6.07, 6.45) is 8.08. The Morgan fingerprint density at radius 3 is 2.52 bits per heavy atom. The van der Waals surface area contributed by atoms with Gasteiger partial charge in [0, 0.05) is 64.8 Å². The Balaban J connectivity index is 1.63. The summed E-state index contributed by atoms with van der Waals surface area (Å²) in [6.45, 7) is 5.58. The van der Waals surface area contributed by atoms with Crippen LogP contribution in [0.15, 0.2) is 12.4 Å². The van der Waals surface area contributed by atoms with Gasteiger partial charge in [0.05, 0.1) is 6.10 Å². The van der Waals surface area contributed by atoms with Crippen LogP contribution >= 0.6 is 0 Å². The van der Waals surface area contributed by atoms with Crippen molar-refractivity contribution in [2.45, 2.75) is 38.0 Å². The number of hydrogen-bond acceptors (Lipinski definition) is 6. The standard InChI is InChI=1S/C17H29N5O/c1-20(2)17-18-9-14(10-19-17)11-22-13-16(23-3)8-15(22)12-21-6-4-5-7-21/h9-10,15-16H,4-8,11-13H2,1-3H3/t15-,16-/m0/s1. The van der Waals surface area contributed by atoms with Gasteiger partial charge in [-0.2, -0.15) is 0 Å². The van der Waals surface area contributed by atoms with E-state index in [2.05, 4.69) is 19.8 Å². The average Bonchev–Trinajstić information content (AvgIpc) is 3.18. The van der Waals surface area contributed by atoms with Gasteiger partial charge >= 0.3 is 0 Å². The molecule has 0 spiro atoms. The molecule has 0 N–H and O–H groups in total.